The smallest absolute Gasteiger partial charge is 0.243 e. The van der Waals surface area contributed by atoms with Crippen LogP contribution in [0.1, 0.15) is 0 Å². The van der Waals surface area contributed by atoms with E-state index in [1.807, 2.05) is 0 Å². The summed E-state index contributed by atoms with van der Waals surface area (Å²) >= 11 is 5.90. The molecule has 1 heterocycles. The number of ether oxygens (including phenoxy) is 1. The van der Waals surface area contributed by atoms with Crippen LogP contribution in [-0.2, 0) is 10.0 Å². The highest BCUT2D eigenvalue weighted by Crippen LogP contribution is 2.21. The van der Waals surface area contributed by atoms with Gasteiger partial charge in [-0.1, -0.05) is 23.7 Å². The van der Waals surface area contributed by atoms with Crippen LogP contribution in [0.25, 0.3) is 0 Å². The van der Waals surface area contributed by atoms with Crippen LogP contribution < -0.4 is 4.74 Å². The van der Waals surface area contributed by atoms with Crippen molar-refractivity contribution in [3.8, 4) is 5.75 Å². The van der Waals surface area contributed by atoms with Gasteiger partial charge in [-0.3, -0.25) is 4.90 Å². The van der Waals surface area contributed by atoms with Gasteiger partial charge >= 0.3 is 0 Å². The maximum atomic E-state index is 13.1. The van der Waals surface area contributed by atoms with Gasteiger partial charge in [0.05, 0.1) is 4.90 Å². The molecule has 0 atom stereocenters. The number of piperazine rings is 1. The lowest BCUT2D eigenvalue weighted by atomic mass is 10.3. The zero-order chi connectivity index (χ0) is 18.6. The van der Waals surface area contributed by atoms with E-state index in [1.54, 1.807) is 30.3 Å². The average molecular weight is 399 g/mol. The van der Waals surface area contributed by atoms with Crippen molar-refractivity contribution in [1.29, 1.82) is 0 Å². The molecule has 3 rings (SSSR count). The van der Waals surface area contributed by atoms with E-state index in [0.717, 1.165) is 0 Å². The number of hydrogen-bond donors (Lipinski definition) is 0. The molecule has 140 valence electrons. The fourth-order valence-corrected chi connectivity index (χ4v) is 4.54. The second kappa shape index (κ2) is 8.35. The summed E-state index contributed by atoms with van der Waals surface area (Å²) in [5.41, 5.74) is 0. The lowest BCUT2D eigenvalue weighted by Gasteiger charge is -2.33. The van der Waals surface area contributed by atoms with Gasteiger partial charge in [-0.2, -0.15) is 4.31 Å². The van der Waals surface area contributed by atoms with Crippen molar-refractivity contribution >= 4 is 21.6 Å². The third kappa shape index (κ3) is 4.73. The van der Waals surface area contributed by atoms with Crippen LogP contribution >= 0.6 is 11.6 Å². The van der Waals surface area contributed by atoms with Crippen molar-refractivity contribution in [3.63, 3.8) is 0 Å². The number of sulfonamides is 1. The van der Waals surface area contributed by atoms with Gasteiger partial charge in [0.15, 0.2) is 0 Å². The first kappa shape index (κ1) is 19.1. The molecule has 2 aromatic carbocycles. The first-order valence-corrected chi connectivity index (χ1v) is 10.1. The first-order chi connectivity index (χ1) is 12.4. The van der Waals surface area contributed by atoms with E-state index in [0.29, 0.717) is 50.1 Å². The van der Waals surface area contributed by atoms with Gasteiger partial charge in [0, 0.05) is 43.8 Å². The highest BCUT2D eigenvalue weighted by atomic mass is 35.5. The number of halogens is 2. The van der Waals surface area contributed by atoms with Crippen LogP contribution in [0, 0.1) is 5.82 Å². The Balaban J connectivity index is 1.49. The summed E-state index contributed by atoms with van der Waals surface area (Å²) in [5, 5.41) is 0.402. The van der Waals surface area contributed by atoms with Crippen molar-refractivity contribution in [1.82, 2.24) is 9.21 Å². The van der Waals surface area contributed by atoms with Gasteiger partial charge < -0.3 is 4.74 Å². The van der Waals surface area contributed by atoms with Gasteiger partial charge in [0.25, 0.3) is 0 Å². The summed E-state index contributed by atoms with van der Waals surface area (Å²) in [4.78, 5) is 2.34. The molecular formula is C18H20ClFN2O3S. The third-order valence-corrected chi connectivity index (χ3v) is 6.37. The Bertz CT molecular complexity index is 855. The minimum absolute atomic E-state index is 0.216. The van der Waals surface area contributed by atoms with Crippen molar-refractivity contribution in [2.45, 2.75) is 4.90 Å². The Morgan fingerprint density at radius 3 is 2.46 bits per heavy atom. The molecule has 0 unspecified atom stereocenters. The topological polar surface area (TPSA) is 49.9 Å². The molecule has 0 aromatic heterocycles. The van der Waals surface area contributed by atoms with E-state index in [-0.39, 0.29) is 10.7 Å². The molecule has 26 heavy (non-hydrogen) atoms. The molecule has 0 bridgehead atoms. The van der Waals surface area contributed by atoms with Crippen LogP contribution in [-0.4, -0.2) is 57.0 Å². The molecule has 1 saturated heterocycles. The predicted octanol–water partition coefficient (Wildman–Crippen LogP) is 2.86. The molecule has 0 amide bonds. The summed E-state index contributed by atoms with van der Waals surface area (Å²) in [6.45, 7) is 3.13. The normalized spacial score (nSPS) is 16.5. The third-order valence-electron chi connectivity index (χ3n) is 4.24. The quantitative estimate of drug-likeness (QED) is 0.750. The lowest BCUT2D eigenvalue weighted by Crippen LogP contribution is -2.49. The van der Waals surface area contributed by atoms with E-state index < -0.39 is 10.0 Å². The maximum Gasteiger partial charge on any atom is 0.243 e. The van der Waals surface area contributed by atoms with Gasteiger partial charge in [0.2, 0.25) is 10.0 Å². The van der Waals surface area contributed by atoms with Gasteiger partial charge in [-0.15, -0.1) is 0 Å². The van der Waals surface area contributed by atoms with Crippen molar-refractivity contribution in [2.75, 3.05) is 39.3 Å². The Morgan fingerprint density at radius 1 is 1.04 bits per heavy atom. The molecule has 1 aliphatic heterocycles. The van der Waals surface area contributed by atoms with E-state index in [4.69, 9.17) is 16.3 Å². The molecule has 1 aliphatic rings. The van der Waals surface area contributed by atoms with Crippen LogP contribution in [0.4, 0.5) is 4.39 Å². The minimum atomic E-state index is -3.53. The highest BCUT2D eigenvalue weighted by Gasteiger charge is 2.28. The molecule has 8 heteroatoms. The molecule has 5 nitrogen and oxygen atoms in total. The molecule has 1 fully saturated rings. The molecule has 0 saturated carbocycles. The number of nitrogens with zero attached hydrogens (tertiary/aromatic N) is 2. The standard InChI is InChI=1S/C18H20ClFN2O3S/c19-15-3-1-6-18(13-15)26(23,24)22-9-7-21(8-10-22)11-12-25-17-5-2-4-16(20)14-17/h1-6,13-14H,7-12H2. The summed E-state index contributed by atoms with van der Waals surface area (Å²) in [7, 11) is -3.53. The molecule has 0 radical (unpaired) electrons. The van der Waals surface area contributed by atoms with E-state index >= 15 is 0 Å². The van der Waals surface area contributed by atoms with Gasteiger partial charge in [0.1, 0.15) is 18.2 Å². The summed E-state index contributed by atoms with van der Waals surface area (Å²) in [6.07, 6.45) is 0. The summed E-state index contributed by atoms with van der Waals surface area (Å²) in [5.74, 6) is 0.162. The monoisotopic (exact) mass is 398 g/mol. The maximum absolute atomic E-state index is 13.1. The van der Waals surface area contributed by atoms with Crippen LogP contribution in [0.2, 0.25) is 5.02 Å². The molecule has 0 N–H and O–H groups in total. The van der Waals surface area contributed by atoms with Crippen LogP contribution in [0.5, 0.6) is 5.75 Å². The van der Waals surface area contributed by atoms with Crippen molar-refractivity contribution in [3.05, 3.63) is 59.4 Å². The zero-order valence-corrected chi connectivity index (χ0v) is 15.7. The number of benzene rings is 2. The summed E-state index contributed by atoms with van der Waals surface area (Å²) in [6, 6.07) is 12.3. The van der Waals surface area contributed by atoms with E-state index in [2.05, 4.69) is 4.90 Å². The second-order valence-corrected chi connectivity index (χ2v) is 8.38. The van der Waals surface area contributed by atoms with Crippen molar-refractivity contribution in [2.24, 2.45) is 0 Å². The van der Waals surface area contributed by atoms with Crippen molar-refractivity contribution < 1.29 is 17.5 Å². The second-order valence-electron chi connectivity index (χ2n) is 6.01. The largest absolute Gasteiger partial charge is 0.492 e. The highest BCUT2D eigenvalue weighted by molar-refractivity contribution is 7.89. The van der Waals surface area contributed by atoms with Crippen LogP contribution in [0.15, 0.2) is 53.4 Å². The number of hydrogen-bond acceptors (Lipinski definition) is 4. The van der Waals surface area contributed by atoms with E-state index in [1.165, 1.54) is 22.5 Å². The Hall–Kier alpha value is -1.67. The molecular weight excluding hydrogens is 379 g/mol. The average Bonchev–Trinajstić information content (AvgIpc) is 2.62. The zero-order valence-electron chi connectivity index (χ0n) is 14.1. The predicted molar refractivity (Wildman–Crippen MR) is 98.5 cm³/mol. The SMILES string of the molecule is O=S(=O)(c1cccc(Cl)c1)N1CCN(CCOc2cccc(F)c2)CC1. The minimum Gasteiger partial charge on any atom is -0.492 e. The Morgan fingerprint density at radius 2 is 1.77 bits per heavy atom. The Labute approximate surface area is 158 Å². The molecule has 2 aromatic rings. The first-order valence-electron chi connectivity index (χ1n) is 8.31. The van der Waals surface area contributed by atoms with Gasteiger partial charge in [-0.05, 0) is 30.3 Å². The lowest BCUT2D eigenvalue weighted by molar-refractivity contribution is 0.158. The fraction of sp³-hybridized carbons (Fsp3) is 0.333. The Kier molecular flexibility index (Phi) is 6.13. The fourth-order valence-electron chi connectivity index (χ4n) is 2.82. The molecule has 0 aliphatic carbocycles. The van der Waals surface area contributed by atoms with E-state index in [9.17, 15) is 12.8 Å². The van der Waals surface area contributed by atoms with Gasteiger partial charge in [-0.25, -0.2) is 12.8 Å². The van der Waals surface area contributed by atoms with Crippen LogP contribution in [0.3, 0.4) is 0 Å². The molecule has 0 spiro atoms. The summed E-state index contributed by atoms with van der Waals surface area (Å²) < 4.78 is 45.5. The number of rotatable bonds is 6.